The van der Waals surface area contributed by atoms with Gasteiger partial charge < -0.3 is 9.88 Å². The maximum Gasteiger partial charge on any atom is 0.230 e. The van der Waals surface area contributed by atoms with Gasteiger partial charge in [-0.05, 0) is 43.0 Å². The van der Waals surface area contributed by atoms with Crippen LogP contribution < -0.4 is 10.9 Å². The highest BCUT2D eigenvalue weighted by Crippen LogP contribution is 2.44. The number of hydrogen-bond acceptors (Lipinski definition) is 3. The van der Waals surface area contributed by atoms with Crippen LogP contribution in [0.3, 0.4) is 0 Å². The number of likely N-dealkylation sites (N-methyl/N-ethyl adjacent to an activating group) is 1. The second kappa shape index (κ2) is 5.65. The third kappa shape index (κ3) is 2.54. The van der Waals surface area contributed by atoms with Crippen LogP contribution in [0.5, 0.6) is 0 Å². The SMILES string of the molecule is CC(=O)NNC[C@@H]1CC2c3cccc4[nH]cc(c34)C[C@H]2N(C)C1. The molecule has 5 heteroatoms. The van der Waals surface area contributed by atoms with Gasteiger partial charge in [-0.15, -0.1) is 0 Å². The average Bonchev–Trinajstić information content (AvgIpc) is 2.93. The molecule has 0 spiro atoms. The van der Waals surface area contributed by atoms with Gasteiger partial charge in [0.05, 0.1) is 0 Å². The van der Waals surface area contributed by atoms with E-state index >= 15 is 0 Å². The topological polar surface area (TPSA) is 60.2 Å². The first-order valence-corrected chi connectivity index (χ1v) is 8.42. The molecule has 1 aromatic heterocycles. The summed E-state index contributed by atoms with van der Waals surface area (Å²) in [6.45, 7) is 3.43. The molecule has 122 valence electrons. The fraction of sp³-hybridized carbons (Fsp3) is 0.500. The van der Waals surface area contributed by atoms with E-state index in [1.54, 1.807) is 0 Å². The van der Waals surface area contributed by atoms with Crippen LogP contribution >= 0.6 is 0 Å². The normalized spacial score (nSPS) is 27.0. The predicted molar refractivity (Wildman–Crippen MR) is 91.1 cm³/mol. The molecule has 0 saturated carbocycles. The molecule has 0 radical (unpaired) electrons. The molecule has 1 unspecified atom stereocenters. The van der Waals surface area contributed by atoms with Gasteiger partial charge in [0.25, 0.3) is 0 Å². The summed E-state index contributed by atoms with van der Waals surface area (Å²) in [5, 5.41) is 1.44. The number of aromatic nitrogens is 1. The van der Waals surface area contributed by atoms with Crippen LogP contribution in [0.4, 0.5) is 0 Å². The molecule has 5 nitrogen and oxygen atoms in total. The Labute approximate surface area is 136 Å². The van der Waals surface area contributed by atoms with E-state index in [1.165, 1.54) is 35.4 Å². The Morgan fingerprint density at radius 1 is 1.43 bits per heavy atom. The summed E-state index contributed by atoms with van der Waals surface area (Å²) < 4.78 is 0. The second-order valence-corrected chi connectivity index (χ2v) is 7.07. The summed E-state index contributed by atoms with van der Waals surface area (Å²) in [6, 6.07) is 7.22. The minimum absolute atomic E-state index is 0.0357. The highest BCUT2D eigenvalue weighted by Gasteiger charge is 2.39. The second-order valence-electron chi connectivity index (χ2n) is 7.07. The lowest BCUT2D eigenvalue weighted by atomic mass is 9.72. The number of likely N-dealkylation sites (tertiary alicyclic amines) is 1. The van der Waals surface area contributed by atoms with Crippen molar-refractivity contribution in [1.29, 1.82) is 0 Å². The number of H-pyrrole nitrogens is 1. The number of carbonyl (C=O) groups is 1. The molecule has 2 aromatic rings. The molecule has 4 rings (SSSR count). The zero-order valence-electron chi connectivity index (χ0n) is 13.7. The van der Waals surface area contributed by atoms with Gasteiger partial charge in [0.1, 0.15) is 0 Å². The number of amides is 1. The van der Waals surface area contributed by atoms with Crippen molar-refractivity contribution < 1.29 is 4.79 Å². The van der Waals surface area contributed by atoms with Gasteiger partial charge in [0.15, 0.2) is 0 Å². The number of nitrogens with zero attached hydrogens (tertiary/aromatic N) is 1. The van der Waals surface area contributed by atoms with Crippen molar-refractivity contribution in [2.45, 2.75) is 31.7 Å². The number of nitrogens with one attached hydrogen (secondary N) is 3. The van der Waals surface area contributed by atoms with Gasteiger partial charge in [-0.25, -0.2) is 5.43 Å². The standard InChI is InChI=1S/C18H24N4O/c1-11(23)21-20-8-12-6-15-14-4-3-5-16-18(14)13(9-19-16)7-17(15)22(2)10-12/h3-5,9,12,15,17,19-20H,6-8,10H2,1-2H3,(H,21,23)/t12-,15?,17+/m0/s1. The average molecular weight is 312 g/mol. The van der Waals surface area contributed by atoms with Crippen LogP contribution in [0.2, 0.25) is 0 Å². The summed E-state index contributed by atoms with van der Waals surface area (Å²) >= 11 is 0. The first kappa shape index (κ1) is 14.7. The Balaban J connectivity index is 1.59. The largest absolute Gasteiger partial charge is 0.361 e. The lowest BCUT2D eigenvalue weighted by Crippen LogP contribution is -2.51. The van der Waals surface area contributed by atoms with E-state index in [4.69, 9.17) is 0 Å². The third-order valence-electron chi connectivity index (χ3n) is 5.47. The Hall–Kier alpha value is -1.85. The monoisotopic (exact) mass is 312 g/mol. The van der Waals surface area contributed by atoms with Gasteiger partial charge in [0, 0.05) is 49.1 Å². The molecule has 1 fully saturated rings. The fourth-order valence-electron chi connectivity index (χ4n) is 4.52. The molecular weight excluding hydrogens is 288 g/mol. The van der Waals surface area contributed by atoms with E-state index < -0.39 is 0 Å². The van der Waals surface area contributed by atoms with Crippen molar-refractivity contribution in [3.63, 3.8) is 0 Å². The van der Waals surface area contributed by atoms with Crippen LogP contribution in [-0.4, -0.2) is 42.0 Å². The van der Waals surface area contributed by atoms with E-state index in [0.29, 0.717) is 17.9 Å². The molecule has 1 saturated heterocycles. The Morgan fingerprint density at radius 2 is 2.30 bits per heavy atom. The van der Waals surface area contributed by atoms with E-state index in [0.717, 1.165) is 19.5 Å². The zero-order valence-corrected chi connectivity index (χ0v) is 13.7. The number of carbonyl (C=O) groups excluding carboxylic acids is 1. The van der Waals surface area contributed by atoms with Gasteiger partial charge in [-0.2, -0.15) is 0 Å². The van der Waals surface area contributed by atoms with E-state index in [2.05, 4.69) is 52.2 Å². The minimum Gasteiger partial charge on any atom is -0.361 e. The van der Waals surface area contributed by atoms with Gasteiger partial charge in [0.2, 0.25) is 5.91 Å². The maximum absolute atomic E-state index is 11.0. The number of piperidine rings is 1. The Morgan fingerprint density at radius 3 is 3.13 bits per heavy atom. The summed E-state index contributed by atoms with van der Waals surface area (Å²) in [4.78, 5) is 17.0. The van der Waals surface area contributed by atoms with Crippen LogP contribution in [0.1, 0.15) is 30.4 Å². The third-order valence-corrected chi connectivity index (χ3v) is 5.47. The van der Waals surface area contributed by atoms with Crippen molar-refractivity contribution in [2.75, 3.05) is 20.1 Å². The Bertz CT molecular complexity index is 738. The zero-order chi connectivity index (χ0) is 16.0. The quantitative estimate of drug-likeness (QED) is 0.757. The van der Waals surface area contributed by atoms with Crippen molar-refractivity contribution in [3.05, 3.63) is 35.5 Å². The molecule has 2 heterocycles. The van der Waals surface area contributed by atoms with Crippen LogP contribution in [0.25, 0.3) is 10.9 Å². The lowest BCUT2D eigenvalue weighted by molar-refractivity contribution is -0.120. The summed E-state index contributed by atoms with van der Waals surface area (Å²) in [7, 11) is 2.24. The summed E-state index contributed by atoms with van der Waals surface area (Å²) in [5.74, 6) is 1.08. The Kier molecular flexibility index (Phi) is 3.62. The number of hydrazine groups is 1. The van der Waals surface area contributed by atoms with E-state index in [1.807, 2.05) is 0 Å². The highest BCUT2D eigenvalue weighted by atomic mass is 16.2. The van der Waals surface area contributed by atoms with E-state index in [-0.39, 0.29) is 5.91 Å². The number of aromatic amines is 1. The maximum atomic E-state index is 11.0. The van der Waals surface area contributed by atoms with Crippen molar-refractivity contribution >= 4 is 16.8 Å². The minimum atomic E-state index is -0.0357. The summed E-state index contributed by atoms with van der Waals surface area (Å²) in [5.41, 5.74) is 9.99. The van der Waals surface area contributed by atoms with Gasteiger partial charge in [-0.3, -0.25) is 10.2 Å². The molecule has 1 aromatic carbocycles. The van der Waals surface area contributed by atoms with Crippen molar-refractivity contribution in [2.24, 2.45) is 5.92 Å². The number of fused-ring (bicyclic) bond motifs is 2. The smallest absolute Gasteiger partial charge is 0.230 e. The molecule has 0 bridgehead atoms. The first-order chi connectivity index (χ1) is 11.1. The molecule has 3 N–H and O–H groups in total. The summed E-state index contributed by atoms with van der Waals surface area (Å²) in [6.07, 6.45) is 4.48. The first-order valence-electron chi connectivity index (χ1n) is 8.42. The lowest BCUT2D eigenvalue weighted by Gasteiger charge is -2.45. The van der Waals surface area contributed by atoms with Crippen LogP contribution in [0.15, 0.2) is 24.4 Å². The molecule has 1 amide bonds. The highest BCUT2D eigenvalue weighted by molar-refractivity contribution is 5.88. The number of benzene rings is 1. The van der Waals surface area contributed by atoms with Gasteiger partial charge in [-0.1, -0.05) is 12.1 Å². The molecular formula is C18H24N4O. The predicted octanol–water partition coefficient (Wildman–Crippen LogP) is 1.77. The number of rotatable bonds is 3. The van der Waals surface area contributed by atoms with Crippen molar-refractivity contribution in [1.82, 2.24) is 20.7 Å². The molecule has 1 aliphatic carbocycles. The van der Waals surface area contributed by atoms with Crippen molar-refractivity contribution in [3.8, 4) is 0 Å². The molecule has 1 aliphatic heterocycles. The van der Waals surface area contributed by atoms with E-state index in [9.17, 15) is 4.79 Å². The van der Waals surface area contributed by atoms with Crippen LogP contribution in [-0.2, 0) is 11.2 Å². The van der Waals surface area contributed by atoms with Crippen LogP contribution in [0, 0.1) is 5.92 Å². The molecule has 3 atom stereocenters. The molecule has 23 heavy (non-hydrogen) atoms. The van der Waals surface area contributed by atoms with Gasteiger partial charge >= 0.3 is 0 Å². The number of hydrogen-bond donors (Lipinski definition) is 3. The fourth-order valence-corrected chi connectivity index (χ4v) is 4.52. The molecule has 2 aliphatic rings.